The van der Waals surface area contributed by atoms with Gasteiger partial charge in [0, 0.05) is 32.1 Å². The zero-order chi connectivity index (χ0) is 14.9. The lowest BCUT2D eigenvalue weighted by Gasteiger charge is -2.10. The van der Waals surface area contributed by atoms with Gasteiger partial charge in [0.05, 0.1) is 6.42 Å². The lowest BCUT2D eigenvalue weighted by Crippen LogP contribution is -2.09. The van der Waals surface area contributed by atoms with Crippen LogP contribution in [0.5, 0.6) is 0 Å². The fourth-order valence-electron chi connectivity index (χ4n) is 1.83. The molecule has 20 heavy (non-hydrogen) atoms. The Balaban J connectivity index is 2.52. The number of hydrogen-bond acceptors (Lipinski definition) is 4. The highest BCUT2D eigenvalue weighted by atomic mass is 79.9. The van der Waals surface area contributed by atoms with E-state index >= 15 is 0 Å². The van der Waals surface area contributed by atoms with Crippen molar-refractivity contribution in [3.8, 4) is 11.5 Å². The molecule has 0 saturated heterocycles. The molecule has 0 radical (unpaired) electrons. The molecule has 0 spiro atoms. The summed E-state index contributed by atoms with van der Waals surface area (Å²) in [5.41, 5.74) is 2.59. The Morgan fingerprint density at radius 3 is 2.35 bits per heavy atom. The number of carbonyl (C=O) groups is 1. The van der Waals surface area contributed by atoms with Crippen LogP contribution in [0.1, 0.15) is 17.0 Å². The topological polar surface area (TPSA) is 76.0 Å². The zero-order valence-corrected chi connectivity index (χ0v) is 14.0. The molecule has 0 aromatic carbocycles. The summed E-state index contributed by atoms with van der Waals surface area (Å²) < 4.78 is 1.63. The Labute approximate surface area is 132 Å². The zero-order valence-electron chi connectivity index (χ0n) is 10.8. The molecule has 2 heterocycles. The molecule has 0 aliphatic heterocycles. The molecule has 2 aromatic heterocycles. The van der Waals surface area contributed by atoms with E-state index in [2.05, 4.69) is 46.8 Å². The monoisotopic (exact) mass is 399 g/mol. The Morgan fingerprint density at radius 2 is 1.85 bits per heavy atom. The van der Waals surface area contributed by atoms with E-state index in [0.717, 1.165) is 8.95 Å². The largest absolute Gasteiger partial charge is 0.481 e. The number of rotatable bonds is 3. The summed E-state index contributed by atoms with van der Waals surface area (Å²) in [6, 6.07) is 1.86. The third-order valence-electron chi connectivity index (χ3n) is 2.77. The lowest BCUT2D eigenvalue weighted by molar-refractivity contribution is -0.136. The van der Waals surface area contributed by atoms with Crippen molar-refractivity contribution in [3.63, 3.8) is 0 Å². The van der Waals surface area contributed by atoms with Gasteiger partial charge < -0.3 is 5.11 Å². The first-order valence-corrected chi connectivity index (χ1v) is 7.34. The molecule has 0 fully saturated rings. The number of hydrogen-bond donors (Lipinski definition) is 1. The van der Waals surface area contributed by atoms with Gasteiger partial charge in [0.1, 0.15) is 5.69 Å². The second kappa shape index (κ2) is 5.97. The Hall–Kier alpha value is -1.34. The van der Waals surface area contributed by atoms with Crippen molar-refractivity contribution in [3.05, 3.63) is 38.2 Å². The van der Waals surface area contributed by atoms with Crippen molar-refractivity contribution in [2.24, 2.45) is 0 Å². The first kappa shape index (κ1) is 15.1. The van der Waals surface area contributed by atoms with E-state index in [1.54, 1.807) is 20.0 Å². The third-order valence-corrected chi connectivity index (χ3v) is 3.81. The third kappa shape index (κ3) is 3.21. The van der Waals surface area contributed by atoms with Gasteiger partial charge in [0.25, 0.3) is 0 Å². The SMILES string of the molecule is Cc1nc(-c2ncc(Br)cc2Br)nc(C)c1CC(=O)O. The first-order valence-electron chi connectivity index (χ1n) is 5.76. The molecule has 1 N–H and O–H groups in total. The maximum Gasteiger partial charge on any atom is 0.307 e. The molecular formula is C13H11Br2N3O2. The van der Waals surface area contributed by atoms with Gasteiger partial charge in [-0.1, -0.05) is 0 Å². The van der Waals surface area contributed by atoms with Gasteiger partial charge in [-0.05, 0) is 51.8 Å². The lowest BCUT2D eigenvalue weighted by atomic mass is 10.1. The van der Waals surface area contributed by atoms with Crippen molar-refractivity contribution in [2.45, 2.75) is 20.3 Å². The predicted molar refractivity (Wildman–Crippen MR) is 81.5 cm³/mol. The van der Waals surface area contributed by atoms with Crippen LogP contribution < -0.4 is 0 Å². The number of carboxylic acids is 1. The number of nitrogens with zero attached hydrogens (tertiary/aromatic N) is 3. The van der Waals surface area contributed by atoms with Gasteiger partial charge in [0.15, 0.2) is 5.82 Å². The van der Waals surface area contributed by atoms with Crippen LogP contribution in [0.4, 0.5) is 0 Å². The fourth-order valence-corrected chi connectivity index (χ4v) is 3.00. The normalized spacial score (nSPS) is 10.6. The highest BCUT2D eigenvalue weighted by Crippen LogP contribution is 2.27. The minimum atomic E-state index is -0.893. The number of pyridine rings is 1. The fraction of sp³-hybridized carbons (Fsp3) is 0.231. The number of halogens is 2. The summed E-state index contributed by atoms with van der Waals surface area (Å²) in [6.07, 6.45) is 1.59. The van der Waals surface area contributed by atoms with Gasteiger partial charge in [-0.15, -0.1) is 0 Å². The summed E-state index contributed by atoms with van der Waals surface area (Å²) in [7, 11) is 0. The molecule has 5 nitrogen and oxygen atoms in total. The van der Waals surface area contributed by atoms with E-state index in [9.17, 15) is 4.79 Å². The molecule has 2 aromatic rings. The van der Waals surface area contributed by atoms with E-state index < -0.39 is 5.97 Å². The predicted octanol–water partition coefficient (Wildman–Crippen LogP) is 3.31. The van der Waals surface area contributed by atoms with Gasteiger partial charge in [-0.3, -0.25) is 9.78 Å². The van der Waals surface area contributed by atoms with Crippen molar-refractivity contribution in [2.75, 3.05) is 0 Å². The highest BCUT2D eigenvalue weighted by Gasteiger charge is 2.15. The second-order valence-electron chi connectivity index (χ2n) is 4.25. The smallest absolute Gasteiger partial charge is 0.307 e. The molecule has 0 aliphatic rings. The number of aryl methyl sites for hydroxylation is 2. The maximum absolute atomic E-state index is 10.8. The van der Waals surface area contributed by atoms with Crippen LogP contribution in [0.25, 0.3) is 11.5 Å². The summed E-state index contributed by atoms with van der Waals surface area (Å²) in [5, 5.41) is 8.90. The quantitative estimate of drug-likeness (QED) is 0.855. The van der Waals surface area contributed by atoms with Crippen LogP contribution in [-0.4, -0.2) is 26.0 Å². The highest BCUT2D eigenvalue weighted by molar-refractivity contribution is 9.11. The summed E-state index contributed by atoms with van der Waals surface area (Å²) >= 11 is 6.76. The Kier molecular flexibility index (Phi) is 4.49. The minimum Gasteiger partial charge on any atom is -0.481 e. The molecule has 2 rings (SSSR count). The van der Waals surface area contributed by atoms with E-state index in [1.807, 2.05) is 6.07 Å². The average molecular weight is 401 g/mol. The van der Waals surface area contributed by atoms with E-state index in [4.69, 9.17) is 5.11 Å². The Morgan fingerprint density at radius 1 is 1.25 bits per heavy atom. The molecule has 104 valence electrons. The average Bonchev–Trinajstić information content (AvgIpc) is 2.33. The maximum atomic E-state index is 10.8. The summed E-state index contributed by atoms with van der Waals surface area (Å²) in [4.78, 5) is 23.9. The minimum absolute atomic E-state index is 0.0765. The molecule has 0 amide bonds. The summed E-state index contributed by atoms with van der Waals surface area (Å²) in [5.74, 6) is -0.413. The van der Waals surface area contributed by atoms with Gasteiger partial charge in [0.2, 0.25) is 0 Å². The van der Waals surface area contributed by atoms with E-state index in [0.29, 0.717) is 28.5 Å². The molecule has 0 unspecified atom stereocenters. The van der Waals surface area contributed by atoms with Crippen LogP contribution in [-0.2, 0) is 11.2 Å². The van der Waals surface area contributed by atoms with Crippen LogP contribution in [0.3, 0.4) is 0 Å². The number of carboxylic acid groups (broad SMARTS) is 1. The van der Waals surface area contributed by atoms with Crippen molar-refractivity contribution in [1.82, 2.24) is 15.0 Å². The molecule has 7 heteroatoms. The summed E-state index contributed by atoms with van der Waals surface area (Å²) in [6.45, 7) is 3.56. The molecule has 0 bridgehead atoms. The van der Waals surface area contributed by atoms with Crippen LogP contribution in [0, 0.1) is 13.8 Å². The van der Waals surface area contributed by atoms with Crippen molar-refractivity contribution in [1.29, 1.82) is 0 Å². The van der Waals surface area contributed by atoms with Gasteiger partial charge in [-0.25, -0.2) is 9.97 Å². The number of aliphatic carboxylic acids is 1. The van der Waals surface area contributed by atoms with E-state index in [1.165, 1.54) is 0 Å². The Bertz CT molecular complexity index is 666. The first-order chi connectivity index (χ1) is 9.38. The molecule has 0 aliphatic carbocycles. The molecular weight excluding hydrogens is 390 g/mol. The number of aromatic nitrogens is 3. The van der Waals surface area contributed by atoms with Gasteiger partial charge >= 0.3 is 5.97 Å². The van der Waals surface area contributed by atoms with Gasteiger partial charge in [-0.2, -0.15) is 0 Å². The molecule has 0 saturated carbocycles. The van der Waals surface area contributed by atoms with Crippen molar-refractivity contribution < 1.29 is 9.90 Å². The van der Waals surface area contributed by atoms with Crippen molar-refractivity contribution >= 4 is 37.8 Å². The van der Waals surface area contributed by atoms with Crippen LogP contribution in [0.15, 0.2) is 21.2 Å². The standard InChI is InChI=1S/C13H11Br2N3O2/c1-6-9(4-11(19)20)7(2)18-13(17-6)12-10(15)3-8(14)5-16-12/h3,5H,4H2,1-2H3,(H,19,20). The molecule has 0 atom stereocenters. The van der Waals surface area contributed by atoms with Crippen LogP contribution in [0.2, 0.25) is 0 Å². The van der Waals surface area contributed by atoms with Crippen LogP contribution >= 0.6 is 31.9 Å². The second-order valence-corrected chi connectivity index (χ2v) is 6.02. The van der Waals surface area contributed by atoms with E-state index in [-0.39, 0.29) is 6.42 Å².